The van der Waals surface area contributed by atoms with Gasteiger partial charge in [-0.25, -0.2) is 9.78 Å². The maximum atomic E-state index is 11.0. The predicted molar refractivity (Wildman–Crippen MR) is 88.6 cm³/mol. The van der Waals surface area contributed by atoms with E-state index >= 15 is 0 Å². The Morgan fingerprint density at radius 1 is 1.39 bits per heavy atom. The summed E-state index contributed by atoms with van der Waals surface area (Å²) in [4.78, 5) is 18.6. The zero-order chi connectivity index (χ0) is 16.4. The Balaban J connectivity index is 2.06. The molecule has 0 radical (unpaired) electrons. The number of aromatic nitrogens is 2. The Kier molecular flexibility index (Phi) is 4.02. The van der Waals surface area contributed by atoms with E-state index in [1.165, 1.54) is 12.5 Å². The van der Waals surface area contributed by atoms with Crippen LogP contribution in [0.15, 0.2) is 42.7 Å². The fraction of sp³-hybridized carbons (Fsp3) is 0.222. The summed E-state index contributed by atoms with van der Waals surface area (Å²) in [5, 5.41) is 10.1. The molecule has 3 rings (SSSR count). The summed E-state index contributed by atoms with van der Waals surface area (Å²) in [6.45, 7) is 3.61. The number of hydrogen-bond acceptors (Lipinski definition) is 3. The fourth-order valence-electron chi connectivity index (χ4n) is 2.55. The number of aliphatic carboxylic acids is 1. The van der Waals surface area contributed by atoms with Crippen LogP contribution < -0.4 is 4.74 Å². The highest BCUT2D eigenvalue weighted by molar-refractivity contribution is 5.86. The number of carboxylic acid groups (broad SMARTS) is 1. The van der Waals surface area contributed by atoms with E-state index < -0.39 is 12.1 Å². The standard InChI is InChI=1S/C18H18N2O3/c1-3-12-9-19-17-15(12)8-13(10-20-17)14-6-4-5-7-16(14)23-11(2)18(21)22/h4-11H,3H2,1-2H3,(H,19,20)(H,21,22). The van der Waals surface area contributed by atoms with Crippen LogP contribution in [0.25, 0.3) is 22.2 Å². The SMILES string of the molecule is CCc1c[nH]c2ncc(-c3ccccc3OC(C)C(=O)O)cc12. The quantitative estimate of drug-likeness (QED) is 0.754. The minimum Gasteiger partial charge on any atom is -0.479 e. The van der Waals surface area contributed by atoms with Gasteiger partial charge < -0.3 is 14.8 Å². The van der Waals surface area contributed by atoms with E-state index in [4.69, 9.17) is 9.84 Å². The Hall–Kier alpha value is -2.82. The molecular formula is C18H18N2O3. The normalized spacial score (nSPS) is 12.3. The molecule has 1 atom stereocenters. The van der Waals surface area contributed by atoms with E-state index in [2.05, 4.69) is 23.0 Å². The predicted octanol–water partition coefficient (Wildman–Crippen LogP) is 3.64. The number of pyridine rings is 1. The second-order valence-corrected chi connectivity index (χ2v) is 5.38. The van der Waals surface area contributed by atoms with E-state index in [9.17, 15) is 4.79 Å². The van der Waals surface area contributed by atoms with Gasteiger partial charge >= 0.3 is 5.97 Å². The minimum atomic E-state index is -0.993. The van der Waals surface area contributed by atoms with Crippen molar-refractivity contribution in [3.05, 3.63) is 48.3 Å². The average Bonchev–Trinajstić information content (AvgIpc) is 2.97. The molecule has 0 bridgehead atoms. The summed E-state index contributed by atoms with van der Waals surface area (Å²) in [7, 11) is 0. The van der Waals surface area contributed by atoms with Gasteiger partial charge in [0.15, 0.2) is 6.10 Å². The van der Waals surface area contributed by atoms with Crippen LogP contribution in [0.4, 0.5) is 0 Å². The second kappa shape index (κ2) is 6.12. The van der Waals surface area contributed by atoms with Gasteiger partial charge in [0.1, 0.15) is 11.4 Å². The number of carboxylic acids is 1. The number of ether oxygens (including phenoxy) is 1. The third-order valence-electron chi connectivity index (χ3n) is 3.85. The molecule has 0 aliphatic carbocycles. The molecule has 0 spiro atoms. The van der Waals surface area contributed by atoms with Crippen LogP contribution in [0, 0.1) is 0 Å². The third kappa shape index (κ3) is 2.90. The first-order valence-corrected chi connectivity index (χ1v) is 7.55. The van der Waals surface area contributed by atoms with Gasteiger partial charge in [-0.2, -0.15) is 0 Å². The van der Waals surface area contributed by atoms with Crippen LogP contribution in [0.3, 0.4) is 0 Å². The average molecular weight is 310 g/mol. The Morgan fingerprint density at radius 2 is 2.17 bits per heavy atom. The van der Waals surface area contributed by atoms with Crippen molar-refractivity contribution in [3.8, 4) is 16.9 Å². The zero-order valence-corrected chi connectivity index (χ0v) is 13.0. The number of benzene rings is 1. The van der Waals surface area contributed by atoms with Gasteiger partial charge in [0.05, 0.1) is 0 Å². The van der Waals surface area contributed by atoms with E-state index in [0.717, 1.165) is 28.6 Å². The maximum Gasteiger partial charge on any atom is 0.344 e. The van der Waals surface area contributed by atoms with Gasteiger partial charge in [-0.15, -0.1) is 0 Å². The molecule has 5 heteroatoms. The molecule has 2 aromatic heterocycles. The smallest absolute Gasteiger partial charge is 0.344 e. The highest BCUT2D eigenvalue weighted by Gasteiger charge is 2.16. The first-order chi connectivity index (χ1) is 11.1. The van der Waals surface area contributed by atoms with Gasteiger partial charge in [-0.05, 0) is 31.0 Å². The maximum absolute atomic E-state index is 11.0. The van der Waals surface area contributed by atoms with Gasteiger partial charge in [0, 0.05) is 28.9 Å². The summed E-state index contributed by atoms with van der Waals surface area (Å²) < 4.78 is 5.58. The topological polar surface area (TPSA) is 75.2 Å². The van der Waals surface area contributed by atoms with Crippen molar-refractivity contribution in [2.24, 2.45) is 0 Å². The van der Waals surface area contributed by atoms with Crippen molar-refractivity contribution < 1.29 is 14.6 Å². The highest BCUT2D eigenvalue weighted by atomic mass is 16.5. The number of fused-ring (bicyclic) bond motifs is 1. The van der Waals surface area contributed by atoms with Crippen LogP contribution in [-0.4, -0.2) is 27.1 Å². The number of rotatable bonds is 5. The lowest BCUT2D eigenvalue weighted by Crippen LogP contribution is -2.23. The molecule has 0 fully saturated rings. The second-order valence-electron chi connectivity index (χ2n) is 5.38. The molecule has 1 unspecified atom stereocenters. The molecule has 0 saturated heterocycles. The summed E-state index contributed by atoms with van der Waals surface area (Å²) in [5.41, 5.74) is 3.78. The molecular weight excluding hydrogens is 292 g/mol. The Labute approximate surface area is 133 Å². The number of hydrogen-bond donors (Lipinski definition) is 2. The van der Waals surface area contributed by atoms with Gasteiger partial charge in [0.2, 0.25) is 0 Å². The molecule has 0 aliphatic rings. The molecule has 23 heavy (non-hydrogen) atoms. The lowest BCUT2D eigenvalue weighted by Gasteiger charge is -2.14. The van der Waals surface area contributed by atoms with Crippen molar-refractivity contribution in [2.75, 3.05) is 0 Å². The van der Waals surface area contributed by atoms with Gasteiger partial charge in [-0.3, -0.25) is 0 Å². The molecule has 118 valence electrons. The van der Waals surface area contributed by atoms with Crippen molar-refractivity contribution in [2.45, 2.75) is 26.4 Å². The van der Waals surface area contributed by atoms with Crippen LogP contribution in [0.5, 0.6) is 5.75 Å². The number of para-hydroxylation sites is 1. The molecule has 0 saturated carbocycles. The number of H-pyrrole nitrogens is 1. The lowest BCUT2D eigenvalue weighted by molar-refractivity contribution is -0.144. The lowest BCUT2D eigenvalue weighted by atomic mass is 10.0. The molecule has 1 aromatic carbocycles. The van der Waals surface area contributed by atoms with Crippen molar-refractivity contribution in [1.29, 1.82) is 0 Å². The number of carbonyl (C=O) groups is 1. The van der Waals surface area contributed by atoms with Crippen LogP contribution in [0.1, 0.15) is 19.4 Å². The summed E-state index contributed by atoms with van der Waals surface area (Å²) >= 11 is 0. The molecule has 2 heterocycles. The van der Waals surface area contributed by atoms with Crippen molar-refractivity contribution in [1.82, 2.24) is 9.97 Å². The van der Waals surface area contributed by atoms with E-state index in [1.54, 1.807) is 12.3 Å². The highest BCUT2D eigenvalue weighted by Crippen LogP contribution is 2.32. The molecule has 5 nitrogen and oxygen atoms in total. The monoisotopic (exact) mass is 310 g/mol. The molecule has 3 aromatic rings. The Bertz CT molecular complexity index is 854. The van der Waals surface area contributed by atoms with Crippen LogP contribution in [0.2, 0.25) is 0 Å². The summed E-state index contributed by atoms with van der Waals surface area (Å²) in [6.07, 6.45) is 3.74. The fourth-order valence-corrected chi connectivity index (χ4v) is 2.55. The largest absolute Gasteiger partial charge is 0.479 e. The Morgan fingerprint density at radius 3 is 2.91 bits per heavy atom. The molecule has 0 amide bonds. The summed E-state index contributed by atoms with van der Waals surface area (Å²) in [6, 6.07) is 9.47. The van der Waals surface area contributed by atoms with Crippen LogP contribution in [-0.2, 0) is 11.2 Å². The van der Waals surface area contributed by atoms with Crippen molar-refractivity contribution >= 4 is 17.0 Å². The van der Waals surface area contributed by atoms with E-state index in [0.29, 0.717) is 5.75 Å². The van der Waals surface area contributed by atoms with E-state index in [-0.39, 0.29) is 0 Å². The first-order valence-electron chi connectivity index (χ1n) is 7.55. The minimum absolute atomic E-state index is 0.539. The third-order valence-corrected chi connectivity index (χ3v) is 3.85. The van der Waals surface area contributed by atoms with Gasteiger partial charge in [-0.1, -0.05) is 25.1 Å². The number of aryl methyl sites for hydroxylation is 1. The first kappa shape index (κ1) is 15.1. The molecule has 2 N–H and O–H groups in total. The number of nitrogens with zero attached hydrogens (tertiary/aromatic N) is 1. The molecule has 0 aliphatic heterocycles. The van der Waals surface area contributed by atoms with Gasteiger partial charge in [0.25, 0.3) is 0 Å². The van der Waals surface area contributed by atoms with E-state index in [1.807, 2.05) is 24.4 Å². The zero-order valence-electron chi connectivity index (χ0n) is 13.0. The van der Waals surface area contributed by atoms with Crippen LogP contribution >= 0.6 is 0 Å². The van der Waals surface area contributed by atoms with Crippen molar-refractivity contribution in [3.63, 3.8) is 0 Å². The summed E-state index contributed by atoms with van der Waals surface area (Å²) in [5.74, 6) is -0.454. The number of nitrogens with one attached hydrogen (secondary N) is 1. The number of aromatic amines is 1.